The highest BCUT2D eigenvalue weighted by Gasteiger charge is 2.41. The molecule has 2 fully saturated rings. The van der Waals surface area contributed by atoms with Crippen molar-refractivity contribution >= 4 is 17.8 Å². The van der Waals surface area contributed by atoms with E-state index in [0.29, 0.717) is 24.6 Å². The van der Waals surface area contributed by atoms with Crippen molar-refractivity contribution in [3.8, 4) is 0 Å². The Balaban J connectivity index is 1.48. The van der Waals surface area contributed by atoms with E-state index in [1.54, 1.807) is 32.4 Å². The Bertz CT molecular complexity index is 1430. The van der Waals surface area contributed by atoms with E-state index in [0.717, 1.165) is 40.8 Å². The predicted octanol–water partition coefficient (Wildman–Crippen LogP) is 6.12. The molecule has 0 radical (unpaired) electrons. The Labute approximate surface area is 273 Å². The van der Waals surface area contributed by atoms with Crippen molar-refractivity contribution in [3.05, 3.63) is 51.8 Å². The maximum absolute atomic E-state index is 15.2. The molecular weight excluding hydrogens is 587 g/mol. The number of rotatable bonds is 12. The van der Waals surface area contributed by atoms with Gasteiger partial charge in [-0.1, -0.05) is 24.6 Å². The second-order valence-corrected chi connectivity index (χ2v) is 14.9. The summed E-state index contributed by atoms with van der Waals surface area (Å²) in [4.78, 5) is 41.0. The fraction of sp³-hybridized carbons (Fsp3) is 0.667. The molecule has 2 heterocycles. The molecule has 1 saturated carbocycles. The third-order valence-corrected chi connectivity index (χ3v) is 8.81. The minimum atomic E-state index is -1.63. The maximum atomic E-state index is 15.2. The quantitative estimate of drug-likeness (QED) is 0.281. The molecule has 1 saturated heterocycles. The SMILES string of the molecule is Cc1cc(C)c(C)c(C2C(OCC(C)NC(=O)C(C)CC(=O)OC(C)(C)C)CCN2C(=O)Cn2nc(C3CC3)cc2C(C)(C)F)c1. The second-order valence-electron chi connectivity index (χ2n) is 14.9. The summed E-state index contributed by atoms with van der Waals surface area (Å²) in [6, 6.07) is 5.40. The maximum Gasteiger partial charge on any atom is 0.307 e. The summed E-state index contributed by atoms with van der Waals surface area (Å²) < 4.78 is 28.6. The van der Waals surface area contributed by atoms with Crippen LogP contribution in [-0.4, -0.2) is 63.4 Å². The average Bonchev–Trinajstić information content (AvgIpc) is 3.54. The lowest BCUT2D eigenvalue weighted by atomic mass is 9.92. The first-order valence-corrected chi connectivity index (χ1v) is 16.6. The third-order valence-electron chi connectivity index (χ3n) is 8.81. The fourth-order valence-corrected chi connectivity index (χ4v) is 6.22. The number of aromatic nitrogens is 2. The lowest BCUT2D eigenvalue weighted by molar-refractivity contribution is -0.157. The van der Waals surface area contributed by atoms with Crippen molar-refractivity contribution in [2.24, 2.45) is 5.92 Å². The van der Waals surface area contributed by atoms with E-state index in [9.17, 15) is 14.4 Å². The number of nitrogens with one attached hydrogen (secondary N) is 1. The van der Waals surface area contributed by atoms with Gasteiger partial charge >= 0.3 is 5.97 Å². The first kappa shape index (κ1) is 35.6. The molecule has 9 nitrogen and oxygen atoms in total. The number of nitrogens with zero attached hydrogens (tertiary/aromatic N) is 3. The molecule has 0 spiro atoms. The molecule has 1 N–H and O–H groups in total. The molecule has 4 atom stereocenters. The molecule has 2 aromatic rings. The lowest BCUT2D eigenvalue weighted by Crippen LogP contribution is -2.42. The van der Waals surface area contributed by atoms with Crippen LogP contribution in [0.15, 0.2) is 18.2 Å². The molecule has 1 aromatic carbocycles. The summed E-state index contributed by atoms with van der Waals surface area (Å²) in [5.41, 5.74) is 3.39. The van der Waals surface area contributed by atoms with E-state index in [2.05, 4.69) is 36.4 Å². The normalized spacial score (nSPS) is 20.0. The van der Waals surface area contributed by atoms with Gasteiger partial charge in [0.2, 0.25) is 11.8 Å². The number of ether oxygens (including phenoxy) is 2. The zero-order chi connectivity index (χ0) is 34.1. The average molecular weight is 641 g/mol. The standard InChI is InChI=1S/C36H53FN4O5/c1-21-15-22(2)25(5)27(16-21)33-29(45-20-24(4)38-34(44)23(3)17-32(43)46-35(6,7)8)13-14-40(33)31(42)19-41-30(36(9,10)37)18-28(39-41)26-11-12-26/h15-16,18,23-24,26,29,33H,11-14,17,19-20H2,1-10H3,(H,38,44). The van der Waals surface area contributed by atoms with Gasteiger partial charge in [-0.25, -0.2) is 4.39 Å². The van der Waals surface area contributed by atoms with Gasteiger partial charge in [-0.05, 0) is 104 Å². The fourth-order valence-electron chi connectivity index (χ4n) is 6.22. The van der Waals surface area contributed by atoms with Crippen LogP contribution in [0.2, 0.25) is 0 Å². The number of likely N-dealkylation sites (tertiary alicyclic amines) is 1. The van der Waals surface area contributed by atoms with E-state index >= 15 is 4.39 Å². The molecular formula is C36H53FN4O5. The van der Waals surface area contributed by atoms with E-state index in [-0.39, 0.29) is 49.6 Å². The van der Waals surface area contributed by atoms with Crippen LogP contribution in [0.3, 0.4) is 0 Å². The topological polar surface area (TPSA) is 103 Å². The number of amides is 2. The number of halogens is 1. The van der Waals surface area contributed by atoms with Crippen molar-refractivity contribution < 1.29 is 28.2 Å². The number of carbonyl (C=O) groups is 3. The zero-order valence-corrected chi connectivity index (χ0v) is 29.3. The molecule has 254 valence electrons. The number of carbonyl (C=O) groups excluding carboxylic acids is 3. The van der Waals surface area contributed by atoms with E-state index in [4.69, 9.17) is 9.47 Å². The highest BCUT2D eigenvalue weighted by atomic mass is 19.1. The van der Waals surface area contributed by atoms with Crippen molar-refractivity contribution in [2.75, 3.05) is 13.2 Å². The second kappa shape index (κ2) is 13.8. The van der Waals surface area contributed by atoms with Gasteiger partial charge < -0.3 is 19.7 Å². The number of esters is 1. The molecule has 46 heavy (non-hydrogen) atoms. The Morgan fingerprint density at radius 2 is 1.72 bits per heavy atom. The van der Waals surface area contributed by atoms with E-state index in [1.165, 1.54) is 13.8 Å². The Kier molecular flexibility index (Phi) is 10.7. The van der Waals surface area contributed by atoms with Crippen LogP contribution in [-0.2, 0) is 36.1 Å². The largest absolute Gasteiger partial charge is 0.460 e. The molecule has 4 rings (SSSR count). The molecule has 4 unspecified atom stereocenters. The van der Waals surface area contributed by atoms with Gasteiger partial charge in [0, 0.05) is 24.4 Å². The molecule has 1 aliphatic heterocycles. The van der Waals surface area contributed by atoms with Crippen LogP contribution in [0, 0.1) is 26.7 Å². The highest BCUT2D eigenvalue weighted by molar-refractivity contribution is 5.83. The molecule has 10 heteroatoms. The van der Waals surface area contributed by atoms with Crippen molar-refractivity contribution in [1.82, 2.24) is 20.0 Å². The summed E-state index contributed by atoms with van der Waals surface area (Å²) in [5.74, 6) is -1.01. The number of hydrogen-bond acceptors (Lipinski definition) is 6. The first-order chi connectivity index (χ1) is 21.3. The summed E-state index contributed by atoms with van der Waals surface area (Å²) in [6.07, 6.45) is 2.38. The minimum absolute atomic E-state index is 0.00978. The smallest absolute Gasteiger partial charge is 0.307 e. The Morgan fingerprint density at radius 1 is 1.04 bits per heavy atom. The van der Waals surface area contributed by atoms with Crippen LogP contribution in [0.4, 0.5) is 4.39 Å². The number of aryl methyl sites for hydroxylation is 2. The lowest BCUT2D eigenvalue weighted by Gasteiger charge is -2.31. The Morgan fingerprint density at radius 3 is 2.33 bits per heavy atom. The molecule has 0 bridgehead atoms. The van der Waals surface area contributed by atoms with Crippen molar-refractivity contribution in [3.63, 3.8) is 0 Å². The van der Waals surface area contributed by atoms with E-state index in [1.807, 2.05) is 24.8 Å². The van der Waals surface area contributed by atoms with Gasteiger partial charge in [0.1, 0.15) is 17.8 Å². The van der Waals surface area contributed by atoms with Gasteiger partial charge in [0.05, 0.1) is 36.6 Å². The zero-order valence-electron chi connectivity index (χ0n) is 29.3. The number of hydrogen-bond donors (Lipinski definition) is 1. The van der Waals surface area contributed by atoms with Gasteiger partial charge in [-0.2, -0.15) is 5.10 Å². The van der Waals surface area contributed by atoms with Crippen LogP contribution in [0.5, 0.6) is 0 Å². The summed E-state index contributed by atoms with van der Waals surface area (Å²) >= 11 is 0. The molecule has 2 amide bonds. The van der Waals surface area contributed by atoms with E-state index < -0.39 is 23.2 Å². The van der Waals surface area contributed by atoms with Crippen LogP contribution < -0.4 is 5.32 Å². The minimum Gasteiger partial charge on any atom is -0.460 e. The summed E-state index contributed by atoms with van der Waals surface area (Å²) in [6.45, 7) is 18.8. The summed E-state index contributed by atoms with van der Waals surface area (Å²) in [5, 5.41) is 7.64. The number of benzene rings is 1. The van der Waals surface area contributed by atoms with Crippen LogP contribution >= 0.6 is 0 Å². The summed E-state index contributed by atoms with van der Waals surface area (Å²) in [7, 11) is 0. The van der Waals surface area contributed by atoms with Gasteiger partial charge in [0.15, 0.2) is 0 Å². The van der Waals surface area contributed by atoms with Gasteiger partial charge in [-0.3, -0.25) is 19.1 Å². The molecule has 1 aliphatic carbocycles. The molecule has 1 aromatic heterocycles. The van der Waals surface area contributed by atoms with Crippen molar-refractivity contribution in [2.45, 2.75) is 137 Å². The Hall–Kier alpha value is -3.27. The van der Waals surface area contributed by atoms with Crippen LogP contribution in [0.1, 0.15) is 120 Å². The monoisotopic (exact) mass is 640 g/mol. The van der Waals surface area contributed by atoms with Gasteiger partial charge in [0.25, 0.3) is 0 Å². The predicted molar refractivity (Wildman–Crippen MR) is 175 cm³/mol. The third kappa shape index (κ3) is 8.96. The first-order valence-electron chi connectivity index (χ1n) is 16.6. The molecule has 2 aliphatic rings. The highest BCUT2D eigenvalue weighted by Crippen LogP contribution is 2.41. The van der Waals surface area contributed by atoms with Crippen molar-refractivity contribution in [1.29, 1.82) is 0 Å². The van der Waals surface area contributed by atoms with Gasteiger partial charge in [-0.15, -0.1) is 0 Å². The van der Waals surface area contributed by atoms with Crippen LogP contribution in [0.25, 0.3) is 0 Å². The number of alkyl halides is 1.